The number of aliphatic hydroxyl groups is 1. The molecule has 5 nitrogen and oxygen atoms in total. The van der Waals surface area contributed by atoms with Crippen LogP contribution >= 0.6 is 0 Å². The van der Waals surface area contributed by atoms with E-state index >= 15 is 0 Å². The normalized spacial score (nSPS) is 21.0. The lowest BCUT2D eigenvalue weighted by Crippen LogP contribution is -2.44. The number of rotatable bonds is 18. The zero-order valence-corrected chi connectivity index (χ0v) is 24.2. The van der Waals surface area contributed by atoms with Crippen LogP contribution in [-0.4, -0.2) is 44.0 Å². The Morgan fingerprint density at radius 2 is 1.54 bits per heavy atom. The van der Waals surface area contributed by atoms with Crippen LogP contribution in [0.5, 0.6) is 0 Å². The molecule has 6 heteroatoms. The maximum absolute atomic E-state index is 13.2. The molecule has 1 rings (SSSR count). The van der Waals surface area contributed by atoms with Crippen LogP contribution in [0.3, 0.4) is 0 Å². The molecule has 0 spiro atoms. The Hall–Kier alpha value is -1.16. The van der Waals surface area contributed by atoms with E-state index in [9.17, 15) is 14.7 Å². The molecule has 0 aromatic heterocycles. The van der Waals surface area contributed by atoms with E-state index in [1.165, 1.54) is 0 Å². The Bertz CT molecular complexity index is 646. The Labute approximate surface area is 216 Å². The Morgan fingerprint density at radius 1 is 0.971 bits per heavy atom. The highest BCUT2D eigenvalue weighted by molar-refractivity contribution is 6.73. The molecule has 1 aliphatic carbocycles. The number of carbonyl (C=O) groups is 2. The van der Waals surface area contributed by atoms with Crippen LogP contribution in [0.4, 0.5) is 0 Å². The summed E-state index contributed by atoms with van der Waals surface area (Å²) in [5.41, 5.74) is 0. The fourth-order valence-corrected chi connectivity index (χ4v) is 10.3. The van der Waals surface area contributed by atoms with Crippen molar-refractivity contribution >= 4 is 20.1 Å². The largest absolute Gasteiger partial charge is 0.466 e. The number of hydrogen-bond acceptors (Lipinski definition) is 5. The molecule has 35 heavy (non-hydrogen) atoms. The summed E-state index contributed by atoms with van der Waals surface area (Å²) in [5, 5.41) is 10.9. The SMILES string of the molecule is CCCCCC#C[C@H](O)[C@H]1C(=O)C[C@H](O[Si](CCCC)(CCCC)CCCC)[C@@H]1CC(=O)OCC. The first-order valence-electron chi connectivity index (χ1n) is 14.4. The molecule has 1 fully saturated rings. The van der Waals surface area contributed by atoms with Gasteiger partial charge in [0.2, 0.25) is 0 Å². The van der Waals surface area contributed by atoms with E-state index in [2.05, 4.69) is 39.5 Å². The van der Waals surface area contributed by atoms with E-state index in [0.29, 0.717) is 6.61 Å². The van der Waals surface area contributed by atoms with Crippen LogP contribution in [0, 0.1) is 23.7 Å². The molecule has 0 aliphatic heterocycles. The third-order valence-corrected chi connectivity index (χ3v) is 11.9. The van der Waals surface area contributed by atoms with Gasteiger partial charge in [-0.25, -0.2) is 0 Å². The molecule has 0 amide bonds. The van der Waals surface area contributed by atoms with Crippen molar-refractivity contribution in [3.05, 3.63) is 0 Å². The van der Waals surface area contributed by atoms with Gasteiger partial charge in [0.1, 0.15) is 11.9 Å². The second-order valence-corrected chi connectivity index (χ2v) is 14.3. The molecule has 0 bridgehead atoms. The minimum atomic E-state index is -2.09. The number of esters is 1. The lowest BCUT2D eigenvalue weighted by molar-refractivity contribution is -0.145. The van der Waals surface area contributed by atoms with E-state index in [4.69, 9.17) is 9.16 Å². The summed E-state index contributed by atoms with van der Waals surface area (Å²) in [4.78, 5) is 25.7. The maximum atomic E-state index is 13.2. The third kappa shape index (κ3) is 11.2. The molecule has 0 aromatic rings. The van der Waals surface area contributed by atoms with Gasteiger partial charge in [-0.05, 0) is 31.5 Å². The van der Waals surface area contributed by atoms with Gasteiger partial charge in [-0.1, -0.05) is 85.0 Å². The topological polar surface area (TPSA) is 72.8 Å². The van der Waals surface area contributed by atoms with Gasteiger partial charge < -0.3 is 14.3 Å². The first kappa shape index (κ1) is 31.9. The molecule has 1 N–H and O–H groups in total. The number of unbranched alkanes of at least 4 members (excludes halogenated alkanes) is 6. The van der Waals surface area contributed by atoms with E-state index in [0.717, 1.165) is 82.3 Å². The van der Waals surface area contributed by atoms with Gasteiger partial charge in [0, 0.05) is 18.8 Å². The van der Waals surface area contributed by atoms with Crippen molar-refractivity contribution in [1.29, 1.82) is 0 Å². The Morgan fingerprint density at radius 3 is 2.06 bits per heavy atom. The van der Waals surface area contributed by atoms with Gasteiger partial charge in [0.05, 0.1) is 25.0 Å². The summed E-state index contributed by atoms with van der Waals surface area (Å²) in [6.45, 7) is 10.9. The lowest BCUT2D eigenvalue weighted by atomic mass is 9.87. The molecule has 0 heterocycles. The minimum absolute atomic E-state index is 0.0240. The first-order chi connectivity index (χ1) is 16.9. The van der Waals surface area contributed by atoms with Gasteiger partial charge in [-0.3, -0.25) is 9.59 Å². The zero-order valence-electron chi connectivity index (χ0n) is 23.2. The summed E-state index contributed by atoms with van der Waals surface area (Å²) >= 11 is 0. The van der Waals surface area contributed by atoms with E-state index in [1.807, 2.05) is 0 Å². The lowest BCUT2D eigenvalue weighted by Gasteiger charge is -2.37. The second kappa shape index (κ2) is 18.1. The fraction of sp³-hybridized carbons (Fsp3) is 0.862. The number of ether oxygens (including phenoxy) is 1. The highest BCUT2D eigenvalue weighted by atomic mass is 28.4. The molecule has 0 aromatic carbocycles. The quantitative estimate of drug-likeness (QED) is 0.0951. The summed E-state index contributed by atoms with van der Waals surface area (Å²) in [6.07, 6.45) is 9.70. The number of ketones is 1. The summed E-state index contributed by atoms with van der Waals surface area (Å²) in [7, 11) is -2.09. The number of aliphatic hydroxyl groups excluding tert-OH is 1. The fourth-order valence-electron chi connectivity index (χ4n) is 5.27. The maximum Gasteiger partial charge on any atom is 0.306 e. The smallest absolute Gasteiger partial charge is 0.306 e. The van der Waals surface area contributed by atoms with Crippen LogP contribution in [0.2, 0.25) is 18.1 Å². The van der Waals surface area contributed by atoms with Crippen molar-refractivity contribution in [1.82, 2.24) is 0 Å². The number of hydrogen-bond donors (Lipinski definition) is 1. The van der Waals surface area contributed by atoms with Crippen molar-refractivity contribution in [3.63, 3.8) is 0 Å². The highest BCUT2D eigenvalue weighted by Crippen LogP contribution is 2.41. The summed E-state index contributed by atoms with van der Waals surface area (Å²) < 4.78 is 12.3. The van der Waals surface area contributed by atoms with Crippen LogP contribution in [0.15, 0.2) is 0 Å². The standard InChI is InChI=1S/C29H52O5Si/c1-6-11-15-16-17-18-25(30)29-24(22-28(32)33-10-5)27(23-26(29)31)34-35(19-12-7-2,20-13-8-3)21-14-9-4/h24-25,27,29-30H,6-16,19-23H2,1-5H3/t24-,25-,27-,29-/m0/s1. The van der Waals surface area contributed by atoms with Crippen molar-refractivity contribution in [3.8, 4) is 11.8 Å². The first-order valence-corrected chi connectivity index (χ1v) is 16.9. The van der Waals surface area contributed by atoms with Gasteiger partial charge in [0.25, 0.3) is 0 Å². The summed E-state index contributed by atoms with van der Waals surface area (Å²) in [5.74, 6) is 4.58. The Kier molecular flexibility index (Phi) is 16.5. The van der Waals surface area contributed by atoms with Gasteiger partial charge >= 0.3 is 5.97 Å². The molecule has 1 aliphatic rings. The Balaban J connectivity index is 3.20. The van der Waals surface area contributed by atoms with E-state index in [-0.39, 0.29) is 36.6 Å². The predicted molar refractivity (Wildman–Crippen MR) is 146 cm³/mol. The van der Waals surface area contributed by atoms with Crippen LogP contribution in [0.1, 0.15) is 112 Å². The molecule has 0 saturated heterocycles. The third-order valence-electron chi connectivity index (χ3n) is 7.28. The van der Waals surface area contributed by atoms with Crippen molar-refractivity contribution < 1.29 is 23.9 Å². The van der Waals surface area contributed by atoms with Crippen molar-refractivity contribution in [2.75, 3.05) is 6.61 Å². The molecular weight excluding hydrogens is 456 g/mol. The van der Waals surface area contributed by atoms with Gasteiger partial charge in [0.15, 0.2) is 8.32 Å². The van der Waals surface area contributed by atoms with Gasteiger partial charge in [-0.15, -0.1) is 5.92 Å². The van der Waals surface area contributed by atoms with Gasteiger partial charge in [-0.2, -0.15) is 0 Å². The average molecular weight is 509 g/mol. The van der Waals surface area contributed by atoms with Crippen molar-refractivity contribution in [2.45, 2.75) is 142 Å². The van der Waals surface area contributed by atoms with Crippen molar-refractivity contribution in [2.24, 2.45) is 11.8 Å². The summed E-state index contributed by atoms with van der Waals surface area (Å²) in [6, 6.07) is 3.31. The molecular formula is C29H52O5Si. The van der Waals surface area contributed by atoms with Crippen LogP contribution in [0.25, 0.3) is 0 Å². The van der Waals surface area contributed by atoms with E-state index in [1.54, 1.807) is 6.92 Å². The monoisotopic (exact) mass is 508 g/mol. The molecule has 0 unspecified atom stereocenters. The van der Waals surface area contributed by atoms with Crippen LogP contribution < -0.4 is 0 Å². The zero-order chi connectivity index (χ0) is 26.1. The number of Topliss-reactive ketones (excluding diaryl/α,β-unsaturated/α-hetero) is 1. The van der Waals surface area contributed by atoms with Crippen LogP contribution in [-0.2, 0) is 18.8 Å². The highest BCUT2D eigenvalue weighted by Gasteiger charge is 2.50. The molecule has 202 valence electrons. The second-order valence-electron chi connectivity index (χ2n) is 10.2. The molecule has 4 atom stereocenters. The molecule has 0 radical (unpaired) electrons. The molecule has 1 saturated carbocycles. The predicted octanol–water partition coefficient (Wildman–Crippen LogP) is 6.82. The average Bonchev–Trinajstić information content (AvgIpc) is 3.13. The van der Waals surface area contributed by atoms with E-state index < -0.39 is 20.3 Å². The number of carbonyl (C=O) groups excluding carboxylic acids is 2. The minimum Gasteiger partial charge on any atom is -0.466 e.